The number of ether oxygens (including phenoxy) is 2. The lowest BCUT2D eigenvalue weighted by molar-refractivity contribution is 0.355. The normalized spacial score (nSPS) is 13.9. The van der Waals surface area contributed by atoms with Gasteiger partial charge in [-0.2, -0.15) is 0 Å². The third-order valence-electron chi connectivity index (χ3n) is 6.18. The fourth-order valence-electron chi connectivity index (χ4n) is 4.45. The number of anilines is 1. The molecule has 34 heavy (non-hydrogen) atoms. The Bertz CT molecular complexity index is 1330. The number of nitrogens with zero attached hydrogens (tertiary/aromatic N) is 3. The number of para-hydroxylation sites is 1. The summed E-state index contributed by atoms with van der Waals surface area (Å²) >= 11 is 6.08. The lowest BCUT2D eigenvalue weighted by Crippen LogP contribution is -2.44. The van der Waals surface area contributed by atoms with Crippen molar-refractivity contribution in [2.24, 2.45) is 0 Å². The molecule has 0 bridgehead atoms. The van der Waals surface area contributed by atoms with Crippen molar-refractivity contribution in [3.8, 4) is 22.6 Å². The standard InChI is InChI=1S/C26H26ClFN4O2/c1-33-23-9-7-18(15-24(23)34-2)19-4-3-5-22-25(19)30-26(31-12-10-29-11-13-31)32(22)16-17-6-8-21(28)20(27)14-17/h3-9,14-15,29H,10-13,16H2,1-2H3. The van der Waals surface area contributed by atoms with Gasteiger partial charge in [-0.3, -0.25) is 0 Å². The first kappa shape index (κ1) is 22.5. The second-order valence-electron chi connectivity index (χ2n) is 8.23. The van der Waals surface area contributed by atoms with Crippen LogP contribution in [0.5, 0.6) is 11.5 Å². The molecule has 8 heteroatoms. The maximum Gasteiger partial charge on any atom is 0.206 e. The SMILES string of the molecule is COc1ccc(-c2cccc3c2nc(N2CCNCC2)n3Cc2ccc(F)c(Cl)c2)cc1OC. The molecule has 6 nitrogen and oxygen atoms in total. The molecule has 5 rings (SSSR count). The van der Waals surface area contributed by atoms with Gasteiger partial charge in [-0.05, 0) is 41.5 Å². The number of fused-ring (bicyclic) bond motifs is 1. The van der Waals surface area contributed by atoms with E-state index in [2.05, 4.69) is 26.9 Å². The maximum atomic E-state index is 13.8. The number of rotatable bonds is 6. The van der Waals surface area contributed by atoms with Crippen molar-refractivity contribution >= 4 is 28.6 Å². The first-order chi connectivity index (χ1) is 16.6. The number of aromatic nitrogens is 2. The maximum absolute atomic E-state index is 13.8. The first-order valence-corrected chi connectivity index (χ1v) is 11.6. The molecule has 1 saturated heterocycles. The molecule has 0 spiro atoms. The van der Waals surface area contributed by atoms with Gasteiger partial charge < -0.3 is 24.3 Å². The van der Waals surface area contributed by atoms with E-state index in [1.165, 1.54) is 6.07 Å². The molecule has 1 aliphatic rings. The second-order valence-corrected chi connectivity index (χ2v) is 8.63. The molecule has 3 aromatic carbocycles. The Kier molecular flexibility index (Phi) is 6.30. The van der Waals surface area contributed by atoms with E-state index < -0.39 is 5.82 Å². The highest BCUT2D eigenvalue weighted by atomic mass is 35.5. The summed E-state index contributed by atoms with van der Waals surface area (Å²) in [5, 5.41) is 3.52. The predicted octanol–water partition coefficient (Wildman–Crippen LogP) is 4.97. The molecule has 0 aliphatic carbocycles. The molecule has 176 valence electrons. The molecule has 4 aromatic rings. The van der Waals surface area contributed by atoms with Crippen molar-refractivity contribution in [2.75, 3.05) is 45.3 Å². The molecule has 0 saturated carbocycles. The third kappa shape index (κ3) is 4.17. The predicted molar refractivity (Wildman–Crippen MR) is 134 cm³/mol. The van der Waals surface area contributed by atoms with E-state index in [-0.39, 0.29) is 5.02 Å². The summed E-state index contributed by atoms with van der Waals surface area (Å²) in [6.07, 6.45) is 0. The summed E-state index contributed by atoms with van der Waals surface area (Å²) in [6, 6.07) is 16.9. The van der Waals surface area contributed by atoms with Gasteiger partial charge in [0.15, 0.2) is 11.5 Å². The minimum atomic E-state index is -0.418. The largest absolute Gasteiger partial charge is 0.493 e. The van der Waals surface area contributed by atoms with Gasteiger partial charge in [0.05, 0.1) is 36.8 Å². The van der Waals surface area contributed by atoms with Crippen molar-refractivity contribution < 1.29 is 13.9 Å². The van der Waals surface area contributed by atoms with E-state index in [1.807, 2.05) is 24.3 Å². The Hall–Kier alpha value is -3.29. The number of imidazole rings is 1. The van der Waals surface area contributed by atoms with E-state index in [4.69, 9.17) is 26.1 Å². The minimum absolute atomic E-state index is 0.122. The third-order valence-corrected chi connectivity index (χ3v) is 6.47. The Morgan fingerprint density at radius 1 is 1.00 bits per heavy atom. The minimum Gasteiger partial charge on any atom is -0.493 e. The average molecular weight is 481 g/mol. The molecule has 1 N–H and O–H groups in total. The summed E-state index contributed by atoms with van der Waals surface area (Å²) in [6.45, 7) is 4.05. The molecule has 1 aromatic heterocycles. The van der Waals surface area contributed by atoms with E-state index in [0.717, 1.165) is 59.9 Å². The lowest BCUT2D eigenvalue weighted by Gasteiger charge is -2.29. The number of hydrogen-bond acceptors (Lipinski definition) is 5. The summed E-state index contributed by atoms with van der Waals surface area (Å²) in [5.41, 5.74) is 4.81. The summed E-state index contributed by atoms with van der Waals surface area (Å²) in [4.78, 5) is 7.42. The summed E-state index contributed by atoms with van der Waals surface area (Å²) in [5.74, 6) is 1.82. The quantitative estimate of drug-likeness (QED) is 0.422. The molecule has 1 fully saturated rings. The monoisotopic (exact) mass is 480 g/mol. The zero-order valence-electron chi connectivity index (χ0n) is 19.1. The fourth-order valence-corrected chi connectivity index (χ4v) is 4.66. The van der Waals surface area contributed by atoms with Crippen LogP contribution in [0.4, 0.5) is 10.3 Å². The highest BCUT2D eigenvalue weighted by molar-refractivity contribution is 6.30. The number of methoxy groups -OCH3 is 2. The smallest absolute Gasteiger partial charge is 0.206 e. The Balaban J connectivity index is 1.66. The molecule has 0 amide bonds. The summed E-state index contributed by atoms with van der Waals surface area (Å²) < 4.78 is 26.9. The van der Waals surface area contributed by atoms with Gasteiger partial charge in [-0.25, -0.2) is 9.37 Å². The lowest BCUT2D eigenvalue weighted by atomic mass is 10.0. The van der Waals surface area contributed by atoms with E-state index in [1.54, 1.807) is 26.4 Å². The van der Waals surface area contributed by atoms with E-state index >= 15 is 0 Å². The highest BCUT2D eigenvalue weighted by Crippen LogP contribution is 2.37. The average Bonchev–Trinajstić information content (AvgIpc) is 3.24. The number of hydrogen-bond donors (Lipinski definition) is 1. The van der Waals surface area contributed by atoms with Crippen molar-refractivity contribution in [2.45, 2.75) is 6.54 Å². The topological polar surface area (TPSA) is 51.5 Å². The highest BCUT2D eigenvalue weighted by Gasteiger charge is 2.21. The molecular weight excluding hydrogens is 455 g/mol. The van der Waals surface area contributed by atoms with Crippen molar-refractivity contribution in [3.63, 3.8) is 0 Å². The second kappa shape index (κ2) is 9.52. The van der Waals surface area contributed by atoms with Crippen LogP contribution in [-0.4, -0.2) is 49.9 Å². The Morgan fingerprint density at radius 3 is 2.53 bits per heavy atom. The van der Waals surface area contributed by atoms with Crippen LogP contribution in [0.2, 0.25) is 5.02 Å². The molecule has 2 heterocycles. The zero-order chi connectivity index (χ0) is 23.7. The fraction of sp³-hybridized carbons (Fsp3) is 0.269. The van der Waals surface area contributed by atoms with Gasteiger partial charge >= 0.3 is 0 Å². The summed E-state index contributed by atoms with van der Waals surface area (Å²) in [7, 11) is 3.26. The van der Waals surface area contributed by atoms with Crippen LogP contribution >= 0.6 is 11.6 Å². The van der Waals surface area contributed by atoms with Gasteiger partial charge in [0, 0.05) is 31.7 Å². The molecule has 1 aliphatic heterocycles. The van der Waals surface area contributed by atoms with Gasteiger partial charge in [0.25, 0.3) is 0 Å². The van der Waals surface area contributed by atoms with Crippen molar-refractivity contribution in [3.05, 3.63) is 71.0 Å². The molecular formula is C26H26ClFN4O2. The zero-order valence-corrected chi connectivity index (χ0v) is 19.9. The molecule has 0 atom stereocenters. The number of halogens is 2. The van der Waals surface area contributed by atoms with Gasteiger partial charge in [0.1, 0.15) is 5.82 Å². The first-order valence-electron chi connectivity index (χ1n) is 11.2. The van der Waals surface area contributed by atoms with E-state index in [9.17, 15) is 4.39 Å². The van der Waals surface area contributed by atoms with Crippen molar-refractivity contribution in [1.82, 2.24) is 14.9 Å². The number of piperazine rings is 1. The van der Waals surface area contributed by atoms with Crippen LogP contribution in [0.3, 0.4) is 0 Å². The van der Waals surface area contributed by atoms with Crippen LogP contribution in [0.1, 0.15) is 5.56 Å². The van der Waals surface area contributed by atoms with Crippen LogP contribution in [-0.2, 0) is 6.54 Å². The number of nitrogens with one attached hydrogen (secondary N) is 1. The van der Waals surface area contributed by atoms with Crippen molar-refractivity contribution in [1.29, 1.82) is 0 Å². The van der Waals surface area contributed by atoms with Gasteiger partial charge in [-0.15, -0.1) is 0 Å². The van der Waals surface area contributed by atoms with Crippen LogP contribution in [0.15, 0.2) is 54.6 Å². The molecule has 0 unspecified atom stereocenters. The van der Waals surface area contributed by atoms with Crippen LogP contribution in [0, 0.1) is 5.82 Å². The molecule has 0 radical (unpaired) electrons. The number of benzene rings is 3. The van der Waals surface area contributed by atoms with Crippen LogP contribution < -0.4 is 19.7 Å². The Morgan fingerprint density at radius 2 is 1.79 bits per heavy atom. The van der Waals surface area contributed by atoms with E-state index in [0.29, 0.717) is 18.0 Å². The van der Waals surface area contributed by atoms with Gasteiger partial charge in [0.2, 0.25) is 5.95 Å². The van der Waals surface area contributed by atoms with Gasteiger partial charge in [-0.1, -0.05) is 35.9 Å². The van der Waals surface area contributed by atoms with Crippen LogP contribution in [0.25, 0.3) is 22.2 Å². The Labute approximate surface area is 202 Å².